The Kier molecular flexibility index (Phi) is 5.00. The standard InChI is InChI=1S/C21H20N2OS2/c1-15-9-11-23(12-10-15)19(24)14-18-20(17-8-5-13-25-17)22-21(26-18)16-6-3-2-4-7-16/h2-8,13H,1,9-12,14H2. The second kappa shape index (κ2) is 7.56. The average Bonchev–Trinajstić information content (AvgIpc) is 3.32. The fourth-order valence-corrected chi connectivity index (χ4v) is 4.98. The highest BCUT2D eigenvalue weighted by Crippen LogP contribution is 2.36. The van der Waals surface area contributed by atoms with Gasteiger partial charge >= 0.3 is 0 Å². The van der Waals surface area contributed by atoms with E-state index >= 15 is 0 Å². The molecule has 0 N–H and O–H groups in total. The molecular weight excluding hydrogens is 360 g/mol. The molecule has 0 unspecified atom stereocenters. The molecule has 1 saturated heterocycles. The minimum Gasteiger partial charge on any atom is -0.342 e. The van der Waals surface area contributed by atoms with E-state index in [2.05, 4.69) is 30.2 Å². The molecule has 0 spiro atoms. The van der Waals surface area contributed by atoms with Crippen LogP contribution in [0.1, 0.15) is 17.7 Å². The third kappa shape index (κ3) is 3.64. The van der Waals surface area contributed by atoms with Crippen LogP contribution >= 0.6 is 22.7 Å². The Morgan fingerprint density at radius 1 is 1.12 bits per heavy atom. The highest BCUT2D eigenvalue weighted by Gasteiger charge is 2.22. The number of carbonyl (C=O) groups excluding carboxylic acids is 1. The van der Waals surface area contributed by atoms with Crippen molar-refractivity contribution in [1.29, 1.82) is 0 Å². The van der Waals surface area contributed by atoms with Crippen molar-refractivity contribution < 1.29 is 4.79 Å². The normalized spacial score (nSPS) is 14.6. The summed E-state index contributed by atoms with van der Waals surface area (Å²) in [6.45, 7) is 5.61. The Hall–Kier alpha value is -2.24. The average molecular weight is 381 g/mol. The fraction of sp³-hybridized carbons (Fsp3) is 0.238. The van der Waals surface area contributed by atoms with Gasteiger partial charge < -0.3 is 4.90 Å². The number of thiophene rings is 1. The second-order valence-electron chi connectivity index (χ2n) is 6.44. The number of likely N-dealkylation sites (tertiary alicyclic amines) is 1. The fourth-order valence-electron chi connectivity index (χ4n) is 3.10. The number of hydrogen-bond acceptors (Lipinski definition) is 4. The van der Waals surface area contributed by atoms with Gasteiger partial charge in [0.15, 0.2) is 0 Å². The Morgan fingerprint density at radius 2 is 1.88 bits per heavy atom. The van der Waals surface area contributed by atoms with E-state index < -0.39 is 0 Å². The third-order valence-electron chi connectivity index (χ3n) is 4.61. The quantitative estimate of drug-likeness (QED) is 0.579. The van der Waals surface area contributed by atoms with Gasteiger partial charge in [-0.15, -0.1) is 22.7 Å². The van der Waals surface area contributed by atoms with Gasteiger partial charge in [0, 0.05) is 23.5 Å². The number of carbonyl (C=O) groups is 1. The van der Waals surface area contributed by atoms with E-state index in [-0.39, 0.29) is 5.91 Å². The maximum absolute atomic E-state index is 12.8. The lowest BCUT2D eigenvalue weighted by Crippen LogP contribution is -2.37. The van der Waals surface area contributed by atoms with Gasteiger partial charge in [0.05, 0.1) is 17.0 Å². The largest absolute Gasteiger partial charge is 0.342 e. The Morgan fingerprint density at radius 3 is 2.58 bits per heavy atom. The first-order valence-corrected chi connectivity index (χ1v) is 10.4. The number of piperidine rings is 1. The number of amides is 1. The molecule has 0 saturated carbocycles. The van der Waals surface area contributed by atoms with E-state index in [1.807, 2.05) is 29.2 Å². The van der Waals surface area contributed by atoms with Gasteiger partial charge in [-0.3, -0.25) is 4.79 Å². The van der Waals surface area contributed by atoms with Crippen LogP contribution in [0, 0.1) is 0 Å². The van der Waals surface area contributed by atoms with Gasteiger partial charge in [-0.1, -0.05) is 48.6 Å². The molecule has 0 aliphatic carbocycles. The van der Waals surface area contributed by atoms with Crippen molar-refractivity contribution in [2.75, 3.05) is 13.1 Å². The Labute approximate surface area is 161 Å². The highest BCUT2D eigenvalue weighted by atomic mass is 32.1. The third-order valence-corrected chi connectivity index (χ3v) is 6.59. The molecule has 1 fully saturated rings. The summed E-state index contributed by atoms with van der Waals surface area (Å²) in [5.41, 5.74) is 3.30. The first kappa shape index (κ1) is 17.2. The van der Waals surface area contributed by atoms with Crippen LogP contribution < -0.4 is 0 Å². The lowest BCUT2D eigenvalue weighted by atomic mass is 10.1. The van der Waals surface area contributed by atoms with Crippen molar-refractivity contribution in [2.24, 2.45) is 0 Å². The summed E-state index contributed by atoms with van der Waals surface area (Å²) >= 11 is 3.30. The van der Waals surface area contributed by atoms with Crippen molar-refractivity contribution in [2.45, 2.75) is 19.3 Å². The van der Waals surface area contributed by atoms with Crippen molar-refractivity contribution in [3.63, 3.8) is 0 Å². The molecule has 3 aromatic rings. The highest BCUT2D eigenvalue weighted by molar-refractivity contribution is 7.17. The Bertz CT molecular complexity index is 903. The van der Waals surface area contributed by atoms with Crippen LogP contribution in [0.3, 0.4) is 0 Å². The molecule has 1 aliphatic rings. The maximum Gasteiger partial charge on any atom is 0.227 e. The summed E-state index contributed by atoms with van der Waals surface area (Å²) < 4.78 is 0. The zero-order valence-corrected chi connectivity index (χ0v) is 16.1. The predicted octanol–water partition coefficient (Wildman–Crippen LogP) is 5.26. The van der Waals surface area contributed by atoms with E-state index in [4.69, 9.17) is 4.98 Å². The molecule has 0 radical (unpaired) electrons. The molecule has 3 heterocycles. The van der Waals surface area contributed by atoms with Gasteiger partial charge in [-0.05, 0) is 24.3 Å². The number of hydrogen-bond donors (Lipinski definition) is 0. The number of nitrogens with zero attached hydrogens (tertiary/aromatic N) is 2. The van der Waals surface area contributed by atoms with Crippen molar-refractivity contribution >= 4 is 28.6 Å². The molecule has 2 aromatic heterocycles. The summed E-state index contributed by atoms with van der Waals surface area (Å²) in [5.74, 6) is 0.193. The molecule has 5 heteroatoms. The zero-order chi connectivity index (χ0) is 17.9. The number of aromatic nitrogens is 1. The van der Waals surface area contributed by atoms with Crippen molar-refractivity contribution in [3.05, 3.63) is 64.9 Å². The van der Waals surface area contributed by atoms with Gasteiger partial charge in [0.25, 0.3) is 0 Å². The topological polar surface area (TPSA) is 33.2 Å². The van der Waals surface area contributed by atoms with Crippen LogP contribution in [-0.4, -0.2) is 28.9 Å². The smallest absolute Gasteiger partial charge is 0.227 e. The molecule has 1 aliphatic heterocycles. The predicted molar refractivity (Wildman–Crippen MR) is 110 cm³/mol. The lowest BCUT2D eigenvalue weighted by Gasteiger charge is -2.28. The molecule has 0 bridgehead atoms. The monoisotopic (exact) mass is 380 g/mol. The van der Waals surface area contributed by atoms with Gasteiger partial charge in [-0.25, -0.2) is 4.98 Å². The number of thiazole rings is 1. The minimum absolute atomic E-state index is 0.193. The molecular formula is C21H20N2OS2. The summed E-state index contributed by atoms with van der Waals surface area (Å²) in [4.78, 5) is 21.8. The summed E-state index contributed by atoms with van der Waals surface area (Å²) in [5, 5.41) is 3.03. The van der Waals surface area contributed by atoms with Crippen LogP contribution in [0.15, 0.2) is 60.0 Å². The maximum atomic E-state index is 12.8. The van der Waals surface area contributed by atoms with Crippen LogP contribution in [0.5, 0.6) is 0 Å². The first-order valence-electron chi connectivity index (χ1n) is 8.74. The molecule has 1 amide bonds. The van der Waals surface area contributed by atoms with E-state index in [1.54, 1.807) is 22.7 Å². The van der Waals surface area contributed by atoms with E-state index in [9.17, 15) is 4.79 Å². The van der Waals surface area contributed by atoms with Crippen LogP contribution in [0.25, 0.3) is 21.1 Å². The number of rotatable bonds is 4. The minimum atomic E-state index is 0.193. The van der Waals surface area contributed by atoms with Gasteiger partial charge in [0.1, 0.15) is 5.01 Å². The van der Waals surface area contributed by atoms with Crippen LogP contribution in [0.2, 0.25) is 0 Å². The van der Waals surface area contributed by atoms with Gasteiger partial charge in [0.2, 0.25) is 5.91 Å². The molecule has 1 aromatic carbocycles. The van der Waals surface area contributed by atoms with Gasteiger partial charge in [-0.2, -0.15) is 0 Å². The molecule has 3 nitrogen and oxygen atoms in total. The molecule has 132 valence electrons. The van der Waals surface area contributed by atoms with E-state index in [1.165, 1.54) is 5.57 Å². The van der Waals surface area contributed by atoms with E-state index in [0.717, 1.165) is 52.0 Å². The lowest BCUT2D eigenvalue weighted by molar-refractivity contribution is -0.130. The van der Waals surface area contributed by atoms with Crippen molar-refractivity contribution in [3.8, 4) is 21.1 Å². The summed E-state index contributed by atoms with van der Waals surface area (Å²) in [6.07, 6.45) is 2.26. The molecule has 26 heavy (non-hydrogen) atoms. The van der Waals surface area contributed by atoms with Crippen LogP contribution in [-0.2, 0) is 11.2 Å². The summed E-state index contributed by atoms with van der Waals surface area (Å²) in [6, 6.07) is 14.3. The first-order chi connectivity index (χ1) is 12.7. The van der Waals surface area contributed by atoms with Crippen LogP contribution in [0.4, 0.5) is 0 Å². The molecule has 0 atom stereocenters. The number of benzene rings is 1. The molecule has 4 rings (SSSR count). The summed E-state index contributed by atoms with van der Waals surface area (Å²) in [7, 11) is 0. The SMILES string of the molecule is C=C1CCN(C(=O)Cc2sc(-c3ccccc3)nc2-c2cccs2)CC1. The second-order valence-corrected chi connectivity index (χ2v) is 8.47. The van der Waals surface area contributed by atoms with E-state index in [0.29, 0.717) is 6.42 Å². The Balaban J connectivity index is 1.63. The van der Waals surface area contributed by atoms with Crippen molar-refractivity contribution in [1.82, 2.24) is 9.88 Å². The zero-order valence-electron chi connectivity index (χ0n) is 14.5.